The lowest BCUT2D eigenvalue weighted by atomic mass is 9.81. The zero-order valence-electron chi connectivity index (χ0n) is 11.5. The van der Waals surface area contributed by atoms with E-state index in [1.165, 1.54) is 0 Å². The van der Waals surface area contributed by atoms with Crippen molar-refractivity contribution in [3.8, 4) is 5.75 Å². The first-order valence-corrected chi connectivity index (χ1v) is 8.45. The number of anilines is 1. The van der Waals surface area contributed by atoms with Crippen LogP contribution < -0.4 is 10.1 Å². The maximum atomic E-state index is 11.7. The van der Waals surface area contributed by atoms with Gasteiger partial charge in [0.05, 0.1) is 5.92 Å². The lowest BCUT2D eigenvalue weighted by Crippen LogP contribution is -2.48. The maximum Gasteiger partial charge on any atom is 0.330 e. The molecule has 0 saturated heterocycles. The molecule has 0 aromatic heterocycles. The lowest BCUT2D eigenvalue weighted by Gasteiger charge is -2.34. The minimum atomic E-state index is -0.978. The monoisotopic (exact) mass is 413 g/mol. The molecule has 4 nitrogen and oxygen atoms in total. The molecule has 2 aliphatic rings. The molecule has 0 radical (unpaired) electrons. The van der Waals surface area contributed by atoms with Crippen LogP contribution in [0.15, 0.2) is 34.8 Å². The molecule has 2 aromatic rings. The second-order valence-electron chi connectivity index (χ2n) is 5.55. The normalized spacial score (nSPS) is 24.0. The van der Waals surface area contributed by atoms with Crippen LogP contribution in [0.2, 0.25) is 10.0 Å². The van der Waals surface area contributed by atoms with E-state index in [4.69, 9.17) is 27.9 Å². The van der Waals surface area contributed by atoms with Crippen LogP contribution in [-0.2, 0) is 4.79 Å². The molecular weight excluding hydrogens is 405 g/mol. The van der Waals surface area contributed by atoms with Crippen molar-refractivity contribution >= 4 is 50.8 Å². The number of benzene rings is 2. The summed E-state index contributed by atoms with van der Waals surface area (Å²) < 4.78 is 6.83. The van der Waals surface area contributed by atoms with Crippen LogP contribution in [0.4, 0.5) is 5.69 Å². The van der Waals surface area contributed by atoms with Crippen molar-refractivity contribution in [1.82, 2.24) is 0 Å². The molecule has 3 unspecified atom stereocenters. The zero-order valence-corrected chi connectivity index (χ0v) is 14.6. The van der Waals surface area contributed by atoms with Gasteiger partial charge < -0.3 is 15.2 Å². The van der Waals surface area contributed by atoms with E-state index in [9.17, 15) is 9.90 Å². The van der Waals surface area contributed by atoms with Crippen LogP contribution in [0.25, 0.3) is 0 Å². The van der Waals surface area contributed by atoms with Gasteiger partial charge in [0.1, 0.15) is 11.9 Å². The molecule has 2 aliphatic heterocycles. The molecule has 23 heavy (non-hydrogen) atoms. The number of hydrogen-bond acceptors (Lipinski definition) is 3. The Bertz CT molecular complexity index is 842. The molecule has 118 valence electrons. The van der Waals surface area contributed by atoms with Gasteiger partial charge in [-0.25, -0.2) is 4.79 Å². The van der Waals surface area contributed by atoms with Crippen LogP contribution in [0.3, 0.4) is 0 Å². The predicted octanol–water partition coefficient (Wildman–Crippen LogP) is 4.53. The summed E-state index contributed by atoms with van der Waals surface area (Å²) in [6.45, 7) is 0. The summed E-state index contributed by atoms with van der Waals surface area (Å²) in [5.41, 5.74) is 2.37. The fourth-order valence-electron chi connectivity index (χ4n) is 3.31. The van der Waals surface area contributed by atoms with Gasteiger partial charge in [0.2, 0.25) is 0 Å². The van der Waals surface area contributed by atoms with Gasteiger partial charge in [-0.15, -0.1) is 0 Å². The van der Waals surface area contributed by atoms with Gasteiger partial charge >= 0.3 is 5.97 Å². The molecule has 0 saturated carbocycles. The maximum absolute atomic E-state index is 11.7. The molecule has 0 aliphatic carbocycles. The van der Waals surface area contributed by atoms with Crippen LogP contribution in [-0.4, -0.2) is 23.2 Å². The molecule has 0 fully saturated rings. The smallest absolute Gasteiger partial charge is 0.330 e. The third kappa shape index (κ3) is 2.30. The van der Waals surface area contributed by atoms with E-state index >= 15 is 0 Å². The van der Waals surface area contributed by atoms with Gasteiger partial charge in [-0.05, 0) is 30.3 Å². The number of fused-ring (bicyclic) bond motifs is 5. The quantitative estimate of drug-likeness (QED) is 0.719. The summed E-state index contributed by atoms with van der Waals surface area (Å²) in [6.07, 6.45) is -0.567. The van der Waals surface area contributed by atoms with E-state index in [2.05, 4.69) is 21.2 Å². The lowest BCUT2D eigenvalue weighted by molar-refractivity contribution is -0.140. The molecular formula is C16H10BrCl2NO3. The van der Waals surface area contributed by atoms with E-state index in [0.29, 0.717) is 21.5 Å². The number of rotatable bonds is 1. The first-order valence-electron chi connectivity index (χ1n) is 6.90. The summed E-state index contributed by atoms with van der Waals surface area (Å²) in [5.74, 6) is -0.562. The van der Waals surface area contributed by atoms with Gasteiger partial charge in [-0.2, -0.15) is 0 Å². The Hall–Kier alpha value is -1.43. The second-order valence-corrected chi connectivity index (χ2v) is 7.31. The van der Waals surface area contributed by atoms with Gasteiger partial charge in [0.15, 0.2) is 6.04 Å². The Kier molecular flexibility index (Phi) is 3.48. The molecule has 0 spiro atoms. The van der Waals surface area contributed by atoms with Crippen molar-refractivity contribution in [2.45, 2.75) is 18.1 Å². The summed E-state index contributed by atoms with van der Waals surface area (Å²) >= 11 is 15.9. The standard InChI is InChI=1S/C16H10BrCl2NO3/c17-6-1-2-11-8(3-6)12-13-9(19)4-7(18)5-10(13)20-14(16(21)22)15(12)23-11/h1-5,12,14-15,20H,(H,21,22). The number of aliphatic carboxylic acids is 1. The van der Waals surface area contributed by atoms with Crippen molar-refractivity contribution in [3.05, 3.63) is 56.0 Å². The largest absolute Gasteiger partial charge is 0.486 e. The molecule has 7 heteroatoms. The Balaban J connectivity index is 1.97. The number of carboxylic acids is 1. The third-order valence-electron chi connectivity index (χ3n) is 4.21. The van der Waals surface area contributed by atoms with Crippen molar-refractivity contribution < 1.29 is 14.6 Å². The number of carboxylic acid groups (broad SMARTS) is 1. The van der Waals surface area contributed by atoms with Gasteiger partial charge in [0.25, 0.3) is 0 Å². The van der Waals surface area contributed by atoms with Crippen LogP contribution >= 0.6 is 39.1 Å². The molecule has 2 aromatic carbocycles. The van der Waals surface area contributed by atoms with Gasteiger partial charge in [0, 0.05) is 31.3 Å². The highest BCUT2D eigenvalue weighted by Gasteiger charge is 2.48. The SMILES string of the molecule is O=C(O)C1Nc2cc(Cl)cc(Cl)c2C2c3cc(Br)ccc3OC12. The fraction of sp³-hybridized carbons (Fsp3) is 0.188. The van der Waals surface area contributed by atoms with E-state index in [1.807, 2.05) is 18.2 Å². The molecule has 3 atom stereocenters. The van der Waals surface area contributed by atoms with Crippen molar-refractivity contribution in [3.63, 3.8) is 0 Å². The Morgan fingerprint density at radius 1 is 1.26 bits per heavy atom. The molecule has 0 bridgehead atoms. The van der Waals surface area contributed by atoms with Crippen LogP contribution in [0.1, 0.15) is 17.0 Å². The number of carbonyl (C=O) groups is 1. The molecule has 2 N–H and O–H groups in total. The molecule has 0 amide bonds. The first-order chi connectivity index (χ1) is 11.0. The Morgan fingerprint density at radius 3 is 2.78 bits per heavy atom. The Morgan fingerprint density at radius 2 is 2.04 bits per heavy atom. The zero-order chi connectivity index (χ0) is 16.3. The van der Waals surface area contributed by atoms with Gasteiger partial charge in [-0.1, -0.05) is 39.1 Å². The Labute approximate surface area is 150 Å². The number of halogens is 3. The average molecular weight is 415 g/mol. The van der Waals surface area contributed by atoms with E-state index < -0.39 is 18.1 Å². The van der Waals surface area contributed by atoms with Gasteiger partial charge in [-0.3, -0.25) is 0 Å². The fourth-order valence-corrected chi connectivity index (χ4v) is 4.30. The van der Waals surface area contributed by atoms with Crippen molar-refractivity contribution in [2.24, 2.45) is 0 Å². The number of ether oxygens (including phenoxy) is 1. The van der Waals surface area contributed by atoms with Crippen molar-refractivity contribution in [2.75, 3.05) is 5.32 Å². The van der Waals surface area contributed by atoms with E-state index in [1.54, 1.807) is 12.1 Å². The number of hydrogen-bond donors (Lipinski definition) is 2. The number of nitrogens with one attached hydrogen (secondary N) is 1. The van der Waals surface area contributed by atoms with Crippen LogP contribution in [0, 0.1) is 0 Å². The molecule has 4 rings (SSSR count). The summed E-state index contributed by atoms with van der Waals surface area (Å²) in [4.78, 5) is 11.7. The highest BCUT2D eigenvalue weighted by atomic mass is 79.9. The summed E-state index contributed by atoms with van der Waals surface area (Å²) in [6, 6.07) is 8.12. The minimum absolute atomic E-state index is 0.260. The first kappa shape index (κ1) is 15.1. The summed E-state index contributed by atoms with van der Waals surface area (Å²) in [7, 11) is 0. The minimum Gasteiger partial charge on any atom is -0.486 e. The highest BCUT2D eigenvalue weighted by molar-refractivity contribution is 9.10. The highest BCUT2D eigenvalue weighted by Crippen LogP contribution is 2.51. The topological polar surface area (TPSA) is 58.6 Å². The second kappa shape index (κ2) is 5.30. The average Bonchev–Trinajstić information content (AvgIpc) is 2.84. The third-order valence-corrected chi connectivity index (χ3v) is 5.23. The summed E-state index contributed by atoms with van der Waals surface area (Å²) in [5, 5.41) is 13.5. The van der Waals surface area contributed by atoms with E-state index in [0.717, 1.165) is 15.6 Å². The predicted molar refractivity (Wildman–Crippen MR) is 91.9 cm³/mol. The van der Waals surface area contributed by atoms with E-state index in [-0.39, 0.29) is 5.92 Å². The van der Waals surface area contributed by atoms with Crippen molar-refractivity contribution in [1.29, 1.82) is 0 Å². The van der Waals surface area contributed by atoms with Crippen LogP contribution in [0.5, 0.6) is 5.75 Å². The molecule has 2 heterocycles.